The molecule has 0 aromatic heterocycles. The van der Waals surface area contributed by atoms with E-state index in [1.165, 1.54) is 26.2 Å². The molecule has 0 aliphatic carbocycles. The van der Waals surface area contributed by atoms with Gasteiger partial charge in [-0.05, 0) is 25.7 Å². The quantitative estimate of drug-likeness (QED) is 0.301. The number of unbranched alkanes of at least 4 members (excludes halogenated alkanes) is 5. The van der Waals surface area contributed by atoms with Crippen molar-refractivity contribution in [1.29, 1.82) is 0 Å². The van der Waals surface area contributed by atoms with Gasteiger partial charge in [0.25, 0.3) is 0 Å². The van der Waals surface area contributed by atoms with Crippen molar-refractivity contribution in [2.24, 2.45) is 0 Å². The van der Waals surface area contributed by atoms with Crippen LogP contribution in [0.15, 0.2) is 24.3 Å². The number of hydrogen-bond acceptors (Lipinski definition) is 2. The monoisotopic (exact) mass is 254 g/mol. The molecule has 1 unspecified atom stereocenters. The number of esters is 1. The minimum absolute atomic E-state index is 0.357. The van der Waals surface area contributed by atoms with Crippen LogP contribution >= 0.6 is 0 Å². The SMILES string of the molecule is [3H]C(CCCCCCC/C=C\C=C\CC)OC(C)=O. The van der Waals surface area contributed by atoms with Gasteiger partial charge in [-0.2, -0.15) is 0 Å². The third-order valence-electron chi connectivity index (χ3n) is 2.56. The van der Waals surface area contributed by atoms with Gasteiger partial charge in [-0.1, -0.05) is 56.9 Å². The summed E-state index contributed by atoms with van der Waals surface area (Å²) in [6.45, 7) is 2.81. The van der Waals surface area contributed by atoms with E-state index in [1.807, 2.05) is 0 Å². The van der Waals surface area contributed by atoms with Crippen molar-refractivity contribution in [2.75, 3.05) is 6.58 Å². The van der Waals surface area contributed by atoms with E-state index in [1.54, 1.807) is 0 Å². The summed E-state index contributed by atoms with van der Waals surface area (Å²) in [5.74, 6) is -0.357. The van der Waals surface area contributed by atoms with Gasteiger partial charge in [0.05, 0.1) is 7.95 Å². The summed E-state index contributed by atoms with van der Waals surface area (Å²) in [5.41, 5.74) is 0. The lowest BCUT2D eigenvalue weighted by molar-refractivity contribution is -0.141. The van der Waals surface area contributed by atoms with E-state index in [0.29, 0.717) is 6.42 Å². The molecule has 0 spiro atoms. The van der Waals surface area contributed by atoms with E-state index in [9.17, 15) is 4.79 Å². The lowest BCUT2D eigenvalue weighted by Crippen LogP contribution is -1.99. The standard InChI is InChI=1S/C16H28O2/c1-3-4-5-6-7-8-9-10-11-12-13-14-15-18-16(2)17/h4-7H,3,8-15H2,1-2H3/b5-4+,7-6-/i15T. The fourth-order valence-corrected chi connectivity index (χ4v) is 1.59. The molecule has 0 fully saturated rings. The van der Waals surface area contributed by atoms with Gasteiger partial charge in [0, 0.05) is 6.92 Å². The molecule has 104 valence electrons. The molecule has 2 nitrogen and oxygen atoms in total. The minimum atomic E-state index is -0.675. The average molecular weight is 254 g/mol. The Kier molecular flexibility index (Phi) is 11.7. The molecule has 0 radical (unpaired) electrons. The van der Waals surface area contributed by atoms with E-state index in [0.717, 1.165) is 25.7 Å². The Balaban J connectivity index is 3.25. The molecule has 0 aliphatic heterocycles. The van der Waals surface area contributed by atoms with Crippen molar-refractivity contribution in [3.8, 4) is 0 Å². The van der Waals surface area contributed by atoms with Crippen LogP contribution in [0.25, 0.3) is 0 Å². The van der Waals surface area contributed by atoms with Crippen molar-refractivity contribution in [2.45, 2.75) is 65.2 Å². The molecule has 0 N–H and O–H groups in total. The van der Waals surface area contributed by atoms with Gasteiger partial charge in [0.1, 0.15) is 0 Å². The zero-order chi connectivity index (χ0) is 14.3. The molecule has 0 aromatic carbocycles. The zero-order valence-electron chi connectivity index (χ0n) is 12.9. The summed E-state index contributed by atoms with van der Waals surface area (Å²) in [6, 6.07) is 0. The summed E-state index contributed by atoms with van der Waals surface area (Å²) in [6.07, 6.45) is 17.2. The fraction of sp³-hybridized carbons (Fsp3) is 0.688. The van der Waals surface area contributed by atoms with Crippen LogP contribution in [0, 0.1) is 0 Å². The Hall–Kier alpha value is -1.05. The fourth-order valence-electron chi connectivity index (χ4n) is 1.59. The predicted molar refractivity (Wildman–Crippen MR) is 77.5 cm³/mol. The maximum Gasteiger partial charge on any atom is 0.302 e. The van der Waals surface area contributed by atoms with E-state index >= 15 is 0 Å². The average Bonchev–Trinajstić information content (AvgIpc) is 2.35. The number of carbonyl (C=O) groups excluding carboxylic acids is 1. The smallest absolute Gasteiger partial charge is 0.302 e. The molecular weight excluding hydrogens is 224 g/mol. The largest absolute Gasteiger partial charge is 0.466 e. The van der Waals surface area contributed by atoms with Gasteiger partial charge >= 0.3 is 5.97 Å². The number of ether oxygens (including phenoxy) is 1. The topological polar surface area (TPSA) is 26.3 Å². The number of carbonyl (C=O) groups is 1. The van der Waals surface area contributed by atoms with E-state index in [2.05, 4.69) is 31.2 Å². The highest BCUT2D eigenvalue weighted by molar-refractivity contribution is 5.65. The van der Waals surface area contributed by atoms with Crippen LogP contribution in [0.3, 0.4) is 0 Å². The Bertz CT molecular complexity index is 272. The van der Waals surface area contributed by atoms with E-state index in [-0.39, 0.29) is 5.97 Å². The summed E-state index contributed by atoms with van der Waals surface area (Å²) in [7, 11) is 0. The second-order valence-electron chi connectivity index (χ2n) is 4.39. The Morgan fingerprint density at radius 2 is 1.67 bits per heavy atom. The van der Waals surface area contributed by atoms with E-state index in [4.69, 9.17) is 6.11 Å². The third-order valence-corrected chi connectivity index (χ3v) is 2.56. The summed E-state index contributed by atoms with van der Waals surface area (Å²) >= 11 is 0. The summed E-state index contributed by atoms with van der Waals surface area (Å²) < 4.78 is 12.2. The number of allylic oxidation sites excluding steroid dienone is 4. The van der Waals surface area contributed by atoms with Gasteiger partial charge in [0.2, 0.25) is 0 Å². The summed E-state index contributed by atoms with van der Waals surface area (Å²) in [5, 5.41) is 0. The first-order valence-corrected chi connectivity index (χ1v) is 7.08. The van der Waals surface area contributed by atoms with Crippen LogP contribution in [0.5, 0.6) is 0 Å². The Morgan fingerprint density at radius 1 is 1.06 bits per heavy atom. The number of rotatable bonds is 11. The summed E-state index contributed by atoms with van der Waals surface area (Å²) in [4.78, 5) is 10.6. The maximum atomic E-state index is 10.6. The van der Waals surface area contributed by atoms with Crippen molar-refractivity contribution in [1.82, 2.24) is 0 Å². The van der Waals surface area contributed by atoms with Gasteiger partial charge in [0.15, 0.2) is 0 Å². The highest BCUT2D eigenvalue weighted by atomic mass is 16.5. The highest BCUT2D eigenvalue weighted by Gasteiger charge is 1.93. The zero-order valence-corrected chi connectivity index (χ0v) is 11.9. The highest BCUT2D eigenvalue weighted by Crippen LogP contribution is 2.07. The molecule has 18 heavy (non-hydrogen) atoms. The lowest BCUT2D eigenvalue weighted by Gasteiger charge is -2.01. The number of hydrogen-bond donors (Lipinski definition) is 0. The first-order valence-electron chi connectivity index (χ1n) is 7.65. The van der Waals surface area contributed by atoms with E-state index < -0.39 is 6.58 Å². The molecule has 0 bridgehead atoms. The second-order valence-corrected chi connectivity index (χ2v) is 4.39. The van der Waals surface area contributed by atoms with Crippen molar-refractivity contribution >= 4 is 5.97 Å². The molecule has 0 amide bonds. The molecule has 0 aliphatic rings. The van der Waals surface area contributed by atoms with Crippen LogP contribution in [0.1, 0.15) is 66.6 Å². The van der Waals surface area contributed by atoms with Crippen LogP contribution in [-0.2, 0) is 9.53 Å². The molecular formula is C16H28O2. The van der Waals surface area contributed by atoms with Crippen LogP contribution in [0.2, 0.25) is 0 Å². The van der Waals surface area contributed by atoms with Gasteiger partial charge < -0.3 is 4.74 Å². The molecule has 0 saturated carbocycles. The molecule has 1 atom stereocenters. The van der Waals surface area contributed by atoms with Gasteiger partial charge in [-0.15, -0.1) is 0 Å². The predicted octanol–water partition coefficient (Wildman–Crippen LogP) is 4.80. The van der Waals surface area contributed by atoms with Crippen molar-refractivity contribution in [3.63, 3.8) is 0 Å². The maximum absolute atomic E-state index is 10.6. The molecule has 0 saturated heterocycles. The first-order chi connectivity index (χ1) is 9.16. The normalized spacial score (nSPS) is 14.0. The second kappa shape index (κ2) is 14.0. The first kappa shape index (κ1) is 15.0. The van der Waals surface area contributed by atoms with Crippen molar-refractivity contribution < 1.29 is 10.9 Å². The molecule has 2 heteroatoms. The Labute approximate surface area is 114 Å². The van der Waals surface area contributed by atoms with Crippen molar-refractivity contribution in [3.05, 3.63) is 24.3 Å². The van der Waals surface area contributed by atoms with Crippen LogP contribution in [-0.4, -0.2) is 12.6 Å². The minimum Gasteiger partial charge on any atom is -0.466 e. The van der Waals surface area contributed by atoms with Gasteiger partial charge in [-0.25, -0.2) is 0 Å². The Morgan fingerprint density at radius 3 is 2.33 bits per heavy atom. The molecule has 0 aromatic rings. The third kappa shape index (κ3) is 14.9. The van der Waals surface area contributed by atoms with Crippen LogP contribution < -0.4 is 0 Å². The molecule has 0 rings (SSSR count). The lowest BCUT2D eigenvalue weighted by atomic mass is 10.1. The van der Waals surface area contributed by atoms with Gasteiger partial charge in [-0.3, -0.25) is 4.79 Å². The van der Waals surface area contributed by atoms with Crippen LogP contribution in [0.4, 0.5) is 0 Å². The molecule has 0 heterocycles.